The molecule has 0 aromatic heterocycles. The Morgan fingerprint density at radius 3 is 2.76 bits per heavy atom. The third-order valence-electron chi connectivity index (χ3n) is 2.42. The molecule has 3 N–H and O–H groups in total. The molecule has 7 nitrogen and oxygen atoms in total. The zero-order valence-electron chi connectivity index (χ0n) is 11.5. The summed E-state index contributed by atoms with van der Waals surface area (Å²) in [5.74, 6) is -1.38. The van der Waals surface area contributed by atoms with E-state index in [0.29, 0.717) is 19.6 Å². The summed E-state index contributed by atoms with van der Waals surface area (Å²) < 4.78 is 45.6. The molecule has 0 saturated heterocycles. The van der Waals surface area contributed by atoms with Crippen molar-refractivity contribution in [3.05, 3.63) is 24.0 Å². The summed E-state index contributed by atoms with van der Waals surface area (Å²) in [5, 5.41) is 7.52. The molecule has 0 radical (unpaired) electrons. The van der Waals surface area contributed by atoms with Gasteiger partial charge in [0.25, 0.3) is 5.91 Å². The van der Waals surface area contributed by atoms with Gasteiger partial charge in [0.1, 0.15) is 16.5 Å². The molecule has 0 spiro atoms. The van der Waals surface area contributed by atoms with Gasteiger partial charge >= 0.3 is 0 Å². The lowest BCUT2D eigenvalue weighted by Gasteiger charge is -2.10. The number of hydrogen-bond donors (Lipinski definition) is 2. The molecule has 0 fully saturated rings. The third kappa shape index (κ3) is 6.06. The summed E-state index contributed by atoms with van der Waals surface area (Å²) >= 11 is 0. The molecule has 1 aromatic carbocycles. The largest absolute Gasteiger partial charge is 0.482 e. The number of amides is 1. The molecule has 0 saturated carbocycles. The Morgan fingerprint density at radius 2 is 2.14 bits per heavy atom. The van der Waals surface area contributed by atoms with Crippen LogP contribution < -0.4 is 15.2 Å². The number of sulfonamides is 1. The van der Waals surface area contributed by atoms with Crippen LogP contribution in [0.3, 0.4) is 0 Å². The quantitative estimate of drug-likeness (QED) is 0.656. The van der Waals surface area contributed by atoms with E-state index in [1.165, 1.54) is 0 Å². The minimum Gasteiger partial charge on any atom is -0.482 e. The van der Waals surface area contributed by atoms with Gasteiger partial charge in [0, 0.05) is 20.3 Å². The number of methoxy groups -OCH3 is 1. The Bertz CT molecular complexity index is 591. The molecule has 21 heavy (non-hydrogen) atoms. The van der Waals surface area contributed by atoms with Crippen LogP contribution in [0.15, 0.2) is 23.1 Å². The van der Waals surface area contributed by atoms with Crippen LogP contribution in [0.1, 0.15) is 6.42 Å². The van der Waals surface area contributed by atoms with Crippen LogP contribution in [0.25, 0.3) is 0 Å². The number of benzene rings is 1. The maximum absolute atomic E-state index is 13.0. The van der Waals surface area contributed by atoms with Crippen LogP contribution in [0.2, 0.25) is 0 Å². The van der Waals surface area contributed by atoms with Crippen molar-refractivity contribution in [3.8, 4) is 5.75 Å². The highest BCUT2D eigenvalue weighted by atomic mass is 32.2. The normalized spacial score (nSPS) is 11.2. The molecule has 1 aromatic rings. The Morgan fingerprint density at radius 1 is 1.43 bits per heavy atom. The van der Waals surface area contributed by atoms with Gasteiger partial charge < -0.3 is 14.8 Å². The highest BCUT2D eigenvalue weighted by Gasteiger charge is 2.17. The van der Waals surface area contributed by atoms with E-state index in [2.05, 4.69) is 5.32 Å². The summed E-state index contributed by atoms with van der Waals surface area (Å²) in [6, 6.07) is 2.86. The molecule has 0 aliphatic rings. The van der Waals surface area contributed by atoms with Crippen molar-refractivity contribution in [2.24, 2.45) is 5.14 Å². The van der Waals surface area contributed by atoms with Gasteiger partial charge in [-0.3, -0.25) is 4.79 Å². The molecule has 0 bridgehead atoms. The molecule has 0 unspecified atom stereocenters. The Kier molecular flexibility index (Phi) is 6.53. The molecule has 0 heterocycles. The van der Waals surface area contributed by atoms with Crippen LogP contribution in [0.5, 0.6) is 5.75 Å². The van der Waals surface area contributed by atoms with Crippen LogP contribution in [0.4, 0.5) is 4.39 Å². The maximum Gasteiger partial charge on any atom is 0.257 e. The Balaban J connectivity index is 2.61. The monoisotopic (exact) mass is 320 g/mol. The maximum atomic E-state index is 13.0. The fourth-order valence-electron chi connectivity index (χ4n) is 1.46. The van der Waals surface area contributed by atoms with Gasteiger partial charge in [-0.05, 0) is 24.6 Å². The Labute approximate surface area is 122 Å². The molecule has 0 aliphatic heterocycles. The molecular weight excluding hydrogens is 303 g/mol. The smallest absolute Gasteiger partial charge is 0.257 e. The van der Waals surface area contributed by atoms with E-state index >= 15 is 0 Å². The van der Waals surface area contributed by atoms with Crippen LogP contribution in [0, 0.1) is 5.82 Å². The van der Waals surface area contributed by atoms with Crippen molar-refractivity contribution in [1.82, 2.24) is 5.32 Å². The van der Waals surface area contributed by atoms with Gasteiger partial charge in [-0.15, -0.1) is 0 Å². The predicted octanol–water partition coefficient (Wildman–Crippen LogP) is 0.00460. The molecule has 1 amide bonds. The highest BCUT2D eigenvalue weighted by molar-refractivity contribution is 7.89. The van der Waals surface area contributed by atoms with Gasteiger partial charge in [-0.1, -0.05) is 0 Å². The lowest BCUT2D eigenvalue weighted by Crippen LogP contribution is -2.30. The zero-order chi connectivity index (χ0) is 15.9. The Hall–Kier alpha value is -1.71. The van der Waals surface area contributed by atoms with Crippen molar-refractivity contribution in [1.29, 1.82) is 0 Å². The van der Waals surface area contributed by atoms with Crippen molar-refractivity contribution in [2.75, 3.05) is 26.9 Å². The molecule has 0 aliphatic carbocycles. The summed E-state index contributed by atoms with van der Waals surface area (Å²) in [4.78, 5) is 11.0. The zero-order valence-corrected chi connectivity index (χ0v) is 12.3. The summed E-state index contributed by atoms with van der Waals surface area (Å²) in [6.07, 6.45) is 0.640. The van der Waals surface area contributed by atoms with Gasteiger partial charge in [-0.2, -0.15) is 0 Å². The number of hydrogen-bond acceptors (Lipinski definition) is 5. The molecule has 9 heteroatoms. The van der Waals surface area contributed by atoms with Gasteiger partial charge in [0.2, 0.25) is 10.0 Å². The van der Waals surface area contributed by atoms with Gasteiger partial charge in [0.15, 0.2) is 6.61 Å². The van der Waals surface area contributed by atoms with E-state index < -0.39 is 33.3 Å². The second-order valence-electron chi connectivity index (χ2n) is 4.12. The van der Waals surface area contributed by atoms with Crippen LogP contribution >= 0.6 is 0 Å². The van der Waals surface area contributed by atoms with E-state index in [4.69, 9.17) is 14.6 Å². The number of carbonyl (C=O) groups is 1. The average molecular weight is 320 g/mol. The molecule has 118 valence electrons. The number of halogens is 1. The van der Waals surface area contributed by atoms with Crippen molar-refractivity contribution >= 4 is 15.9 Å². The highest BCUT2D eigenvalue weighted by Crippen LogP contribution is 2.23. The lowest BCUT2D eigenvalue weighted by atomic mass is 10.3. The van der Waals surface area contributed by atoms with Crippen LogP contribution in [-0.2, 0) is 19.6 Å². The minimum absolute atomic E-state index is 0.175. The molecular formula is C12H17FN2O5S. The first-order chi connectivity index (χ1) is 9.84. The number of primary sulfonamides is 1. The fourth-order valence-corrected chi connectivity index (χ4v) is 2.15. The number of carbonyl (C=O) groups excluding carboxylic acids is 1. The van der Waals surface area contributed by atoms with Crippen molar-refractivity contribution in [2.45, 2.75) is 11.3 Å². The number of nitrogens with one attached hydrogen (secondary N) is 1. The van der Waals surface area contributed by atoms with E-state index in [9.17, 15) is 17.6 Å². The predicted molar refractivity (Wildman–Crippen MR) is 72.8 cm³/mol. The number of ether oxygens (including phenoxy) is 2. The first-order valence-corrected chi connectivity index (χ1v) is 7.60. The second-order valence-corrected chi connectivity index (χ2v) is 5.65. The van der Waals surface area contributed by atoms with Crippen molar-refractivity contribution in [3.63, 3.8) is 0 Å². The summed E-state index contributed by atoms with van der Waals surface area (Å²) in [7, 11) is -2.59. The fraction of sp³-hybridized carbons (Fsp3) is 0.417. The molecule has 1 rings (SSSR count). The van der Waals surface area contributed by atoms with E-state index in [0.717, 1.165) is 18.2 Å². The minimum atomic E-state index is -4.14. The SMILES string of the molecule is COCCCNC(=O)COc1ccc(F)cc1S(N)(=O)=O. The number of nitrogens with two attached hydrogens (primary N) is 1. The first-order valence-electron chi connectivity index (χ1n) is 6.05. The standard InChI is InChI=1S/C12H17FN2O5S/c1-19-6-2-5-15-12(16)8-20-10-4-3-9(13)7-11(10)21(14,17)18/h3-4,7H,2,5-6,8H2,1H3,(H,15,16)(H2,14,17,18). The van der Waals surface area contributed by atoms with E-state index in [1.807, 2.05) is 0 Å². The van der Waals surface area contributed by atoms with E-state index in [-0.39, 0.29) is 5.75 Å². The average Bonchev–Trinajstić information content (AvgIpc) is 2.41. The van der Waals surface area contributed by atoms with Gasteiger partial charge in [-0.25, -0.2) is 17.9 Å². The topological polar surface area (TPSA) is 108 Å². The summed E-state index contributed by atoms with van der Waals surface area (Å²) in [5.41, 5.74) is 0. The number of rotatable bonds is 8. The van der Waals surface area contributed by atoms with Crippen LogP contribution in [-0.4, -0.2) is 41.2 Å². The van der Waals surface area contributed by atoms with Gasteiger partial charge in [0.05, 0.1) is 0 Å². The summed E-state index contributed by atoms with van der Waals surface area (Å²) in [6.45, 7) is 0.511. The third-order valence-corrected chi connectivity index (χ3v) is 3.35. The second kappa shape index (κ2) is 7.91. The first kappa shape index (κ1) is 17.3. The lowest BCUT2D eigenvalue weighted by molar-refractivity contribution is -0.123. The van der Waals surface area contributed by atoms with E-state index in [1.54, 1.807) is 7.11 Å². The van der Waals surface area contributed by atoms with Crippen molar-refractivity contribution < 1.29 is 27.1 Å². The molecule has 0 atom stereocenters.